The van der Waals surface area contributed by atoms with Crippen molar-refractivity contribution in [2.75, 3.05) is 26.7 Å². The predicted molar refractivity (Wildman–Crippen MR) is 72.8 cm³/mol. The molecule has 0 aromatic carbocycles. The molecule has 0 radical (unpaired) electrons. The Bertz CT molecular complexity index is 217. The van der Waals surface area contributed by atoms with Crippen LogP contribution < -0.4 is 0 Å². The molecule has 0 aromatic rings. The number of aliphatic hydroxyl groups excluding tert-OH is 5. The van der Waals surface area contributed by atoms with E-state index >= 15 is 0 Å². The molecule has 19 heavy (non-hydrogen) atoms. The van der Waals surface area contributed by atoms with Crippen LogP contribution in [-0.4, -0.2) is 81.6 Å². The molecule has 0 aliphatic carbocycles. The lowest BCUT2D eigenvalue weighted by Gasteiger charge is -2.28. The summed E-state index contributed by atoms with van der Waals surface area (Å²) in [6, 6.07) is 0. The molecular formula is C13H29NO5. The number of aliphatic hydroxyl groups is 5. The molecule has 0 spiro atoms. The minimum atomic E-state index is -1.55. The Balaban J connectivity index is 3.96. The molecule has 6 heteroatoms. The van der Waals surface area contributed by atoms with E-state index in [0.717, 1.165) is 25.8 Å². The lowest BCUT2D eigenvalue weighted by molar-refractivity contribution is -0.118. The van der Waals surface area contributed by atoms with Crippen LogP contribution in [0.1, 0.15) is 32.6 Å². The van der Waals surface area contributed by atoms with Crippen molar-refractivity contribution in [2.24, 2.45) is 0 Å². The standard InChI is InChI=1S/C13H29NO5/c1-3-4-5-6-7-14(2)8-10(16)12(18)13(19)11(17)9-15/h10-13,15-19H,3-9H2,1-2H3/t10-,11+,12+,13+/m0/s1. The van der Waals surface area contributed by atoms with Gasteiger partial charge in [-0.05, 0) is 20.0 Å². The van der Waals surface area contributed by atoms with Gasteiger partial charge in [0.15, 0.2) is 0 Å². The minimum Gasteiger partial charge on any atom is -0.394 e. The van der Waals surface area contributed by atoms with Gasteiger partial charge in [-0.1, -0.05) is 26.2 Å². The van der Waals surface area contributed by atoms with Gasteiger partial charge in [0.1, 0.15) is 18.3 Å². The fourth-order valence-electron chi connectivity index (χ4n) is 1.89. The van der Waals surface area contributed by atoms with Crippen LogP contribution in [0.3, 0.4) is 0 Å². The van der Waals surface area contributed by atoms with Gasteiger partial charge in [0.25, 0.3) is 0 Å². The molecule has 5 N–H and O–H groups in total. The maximum Gasteiger partial charge on any atom is 0.111 e. The molecule has 116 valence electrons. The number of hydrogen-bond donors (Lipinski definition) is 5. The Morgan fingerprint density at radius 1 is 0.895 bits per heavy atom. The maximum absolute atomic E-state index is 9.76. The first-order valence-electron chi connectivity index (χ1n) is 6.95. The smallest absolute Gasteiger partial charge is 0.111 e. The fraction of sp³-hybridized carbons (Fsp3) is 1.00. The monoisotopic (exact) mass is 279 g/mol. The van der Waals surface area contributed by atoms with Crippen molar-refractivity contribution in [3.05, 3.63) is 0 Å². The van der Waals surface area contributed by atoms with Crippen LogP contribution in [0.25, 0.3) is 0 Å². The third-order valence-corrected chi connectivity index (χ3v) is 3.22. The zero-order chi connectivity index (χ0) is 14.8. The quantitative estimate of drug-likeness (QED) is 0.309. The van der Waals surface area contributed by atoms with E-state index in [1.807, 2.05) is 11.9 Å². The summed E-state index contributed by atoms with van der Waals surface area (Å²) in [6.07, 6.45) is -1.13. The summed E-state index contributed by atoms with van der Waals surface area (Å²) in [4.78, 5) is 1.88. The number of hydrogen-bond acceptors (Lipinski definition) is 6. The molecule has 0 saturated carbocycles. The first-order valence-corrected chi connectivity index (χ1v) is 6.95. The van der Waals surface area contributed by atoms with Crippen molar-refractivity contribution in [3.63, 3.8) is 0 Å². The van der Waals surface area contributed by atoms with Crippen LogP contribution >= 0.6 is 0 Å². The van der Waals surface area contributed by atoms with Gasteiger partial charge in [-0.15, -0.1) is 0 Å². The van der Waals surface area contributed by atoms with Gasteiger partial charge in [0, 0.05) is 6.54 Å². The number of nitrogens with zero attached hydrogens (tertiary/aromatic N) is 1. The molecule has 6 nitrogen and oxygen atoms in total. The summed E-state index contributed by atoms with van der Waals surface area (Å²) in [5.41, 5.74) is 0. The number of unbranched alkanes of at least 4 members (excludes halogenated alkanes) is 3. The summed E-state index contributed by atoms with van der Waals surface area (Å²) >= 11 is 0. The molecule has 0 amide bonds. The average molecular weight is 279 g/mol. The molecule has 0 aliphatic rings. The maximum atomic E-state index is 9.76. The summed E-state index contributed by atoms with van der Waals surface area (Å²) in [6.45, 7) is 2.50. The molecule has 0 rings (SSSR count). The Morgan fingerprint density at radius 3 is 2.00 bits per heavy atom. The van der Waals surface area contributed by atoms with E-state index in [1.165, 1.54) is 6.42 Å². The van der Waals surface area contributed by atoms with Gasteiger partial charge in [-0.3, -0.25) is 0 Å². The van der Waals surface area contributed by atoms with Gasteiger partial charge in [-0.2, -0.15) is 0 Å². The van der Waals surface area contributed by atoms with Crippen LogP contribution in [0.5, 0.6) is 0 Å². The van der Waals surface area contributed by atoms with E-state index in [0.29, 0.717) is 0 Å². The summed E-state index contributed by atoms with van der Waals surface area (Å²) in [5.74, 6) is 0. The zero-order valence-electron chi connectivity index (χ0n) is 11.9. The van der Waals surface area contributed by atoms with E-state index in [1.54, 1.807) is 0 Å². The second-order valence-corrected chi connectivity index (χ2v) is 5.12. The highest BCUT2D eigenvalue weighted by molar-refractivity contribution is 4.81. The number of rotatable bonds is 11. The third kappa shape index (κ3) is 7.81. The van der Waals surface area contributed by atoms with Crippen molar-refractivity contribution in [2.45, 2.75) is 57.0 Å². The van der Waals surface area contributed by atoms with Crippen molar-refractivity contribution < 1.29 is 25.5 Å². The van der Waals surface area contributed by atoms with Gasteiger partial charge >= 0.3 is 0 Å². The molecule has 0 aliphatic heterocycles. The van der Waals surface area contributed by atoms with E-state index in [9.17, 15) is 20.4 Å². The van der Waals surface area contributed by atoms with Gasteiger partial charge in [-0.25, -0.2) is 0 Å². The van der Waals surface area contributed by atoms with Gasteiger partial charge in [0.05, 0.1) is 12.7 Å². The van der Waals surface area contributed by atoms with E-state index in [4.69, 9.17) is 5.11 Å². The lowest BCUT2D eigenvalue weighted by atomic mass is 10.0. The molecule has 0 fully saturated rings. The molecule has 0 saturated heterocycles. The zero-order valence-corrected chi connectivity index (χ0v) is 11.9. The SMILES string of the molecule is CCCCCCN(C)C[C@H](O)[C@@H](O)[C@H](O)[C@H](O)CO. The van der Waals surface area contributed by atoms with Crippen molar-refractivity contribution >= 4 is 0 Å². The normalized spacial score (nSPS) is 18.3. The van der Waals surface area contributed by atoms with Gasteiger partial charge < -0.3 is 30.4 Å². The second kappa shape index (κ2) is 10.5. The molecule has 4 atom stereocenters. The minimum absolute atomic E-state index is 0.211. The Labute approximate surface area is 115 Å². The molecule has 0 bridgehead atoms. The highest BCUT2D eigenvalue weighted by atomic mass is 16.4. The predicted octanol–water partition coefficient (Wildman–Crippen LogP) is -1.07. The summed E-state index contributed by atoms with van der Waals surface area (Å²) in [5, 5.41) is 46.8. The largest absolute Gasteiger partial charge is 0.394 e. The summed E-state index contributed by atoms with van der Waals surface area (Å²) in [7, 11) is 1.83. The van der Waals surface area contributed by atoms with Crippen LogP contribution in [0.4, 0.5) is 0 Å². The first-order chi connectivity index (χ1) is 8.93. The van der Waals surface area contributed by atoms with Crippen molar-refractivity contribution in [1.82, 2.24) is 4.90 Å². The van der Waals surface area contributed by atoms with Gasteiger partial charge in [0.2, 0.25) is 0 Å². The molecular weight excluding hydrogens is 250 g/mol. The Kier molecular flexibility index (Phi) is 10.4. The number of likely N-dealkylation sites (N-methyl/N-ethyl adjacent to an activating group) is 1. The Morgan fingerprint density at radius 2 is 1.47 bits per heavy atom. The highest BCUT2D eigenvalue weighted by Crippen LogP contribution is 2.07. The van der Waals surface area contributed by atoms with Crippen molar-refractivity contribution in [3.8, 4) is 0 Å². The lowest BCUT2D eigenvalue weighted by Crippen LogP contribution is -2.49. The van der Waals surface area contributed by atoms with E-state index in [-0.39, 0.29) is 6.54 Å². The van der Waals surface area contributed by atoms with Crippen LogP contribution in [0.15, 0.2) is 0 Å². The third-order valence-electron chi connectivity index (χ3n) is 3.22. The summed E-state index contributed by atoms with van der Waals surface area (Å²) < 4.78 is 0. The van der Waals surface area contributed by atoms with Crippen LogP contribution in [-0.2, 0) is 0 Å². The Hall–Kier alpha value is -0.240. The van der Waals surface area contributed by atoms with Crippen LogP contribution in [0.2, 0.25) is 0 Å². The van der Waals surface area contributed by atoms with Crippen molar-refractivity contribution in [1.29, 1.82) is 0 Å². The molecule has 0 heterocycles. The topological polar surface area (TPSA) is 104 Å². The fourth-order valence-corrected chi connectivity index (χ4v) is 1.89. The van der Waals surface area contributed by atoms with Crippen LogP contribution in [0, 0.1) is 0 Å². The second-order valence-electron chi connectivity index (χ2n) is 5.12. The highest BCUT2D eigenvalue weighted by Gasteiger charge is 2.30. The molecule has 0 unspecified atom stereocenters. The van der Waals surface area contributed by atoms with E-state index in [2.05, 4.69) is 6.92 Å². The molecule has 0 aromatic heterocycles. The average Bonchev–Trinajstić information content (AvgIpc) is 2.40. The van der Waals surface area contributed by atoms with E-state index < -0.39 is 31.0 Å². The first kappa shape index (κ1) is 18.8.